The molecule has 0 aromatic carbocycles. The summed E-state index contributed by atoms with van der Waals surface area (Å²) in [4.78, 5) is 13.3. The molecule has 8 heteroatoms. The van der Waals surface area contributed by atoms with Gasteiger partial charge in [0.25, 0.3) is 0 Å². The topological polar surface area (TPSA) is 94.5 Å². The minimum absolute atomic E-state index is 0.0959. The molecule has 0 aromatic heterocycles. The summed E-state index contributed by atoms with van der Waals surface area (Å²) in [6, 6.07) is 0. The predicted octanol–water partition coefficient (Wildman–Crippen LogP) is 1.98. The van der Waals surface area contributed by atoms with E-state index < -0.39 is 49.7 Å². The third-order valence-electron chi connectivity index (χ3n) is 7.14. The molecule has 7 nitrogen and oxygen atoms in total. The van der Waals surface area contributed by atoms with Crippen molar-refractivity contribution in [1.29, 1.82) is 0 Å². The highest BCUT2D eigenvalue weighted by atomic mass is 28.4. The molecular weight excluding hydrogens is 380 g/mol. The maximum Gasteiger partial charge on any atom is 0.318 e. The highest BCUT2D eigenvalue weighted by Crippen LogP contribution is 2.58. The lowest BCUT2D eigenvalue weighted by atomic mass is 9.55. The second-order valence-corrected chi connectivity index (χ2v) is 14.4. The van der Waals surface area contributed by atoms with Gasteiger partial charge in [0.1, 0.15) is 5.41 Å². The Hall–Kier alpha value is -0.773. The Morgan fingerprint density at radius 2 is 1.79 bits per heavy atom. The van der Waals surface area contributed by atoms with Crippen LogP contribution >= 0.6 is 0 Å². The van der Waals surface area contributed by atoms with E-state index in [1.807, 2.05) is 0 Å². The number of aliphatic hydroxyl groups excluding tert-OH is 2. The first-order valence-corrected chi connectivity index (χ1v) is 12.9. The third-order valence-corrected chi connectivity index (χ3v) is 11.6. The fraction of sp³-hybridized carbons (Fsp3) is 0.850. The molecule has 3 aliphatic rings. The van der Waals surface area contributed by atoms with Crippen LogP contribution in [0.2, 0.25) is 18.1 Å². The maximum absolute atomic E-state index is 13.3. The van der Waals surface area contributed by atoms with Gasteiger partial charge in [0.15, 0.2) is 14.1 Å². The highest BCUT2D eigenvalue weighted by molar-refractivity contribution is 6.74. The van der Waals surface area contributed by atoms with E-state index in [-0.39, 0.29) is 5.04 Å². The van der Waals surface area contributed by atoms with E-state index in [0.717, 1.165) is 0 Å². The zero-order valence-corrected chi connectivity index (χ0v) is 18.7. The lowest BCUT2D eigenvalue weighted by Gasteiger charge is -2.58. The number of methoxy groups -OCH3 is 1. The second-order valence-electron chi connectivity index (χ2n) is 9.64. The lowest BCUT2D eigenvalue weighted by Crippen LogP contribution is -2.71. The average Bonchev–Trinajstić information content (AvgIpc) is 3.07. The van der Waals surface area contributed by atoms with Crippen LogP contribution in [0, 0.1) is 11.3 Å². The van der Waals surface area contributed by atoms with Crippen molar-refractivity contribution in [2.75, 3.05) is 20.3 Å². The zero-order valence-electron chi connectivity index (χ0n) is 17.7. The SMILES string of the molecule is COC(=O)[C@@]12[C@H](O)CCC3(OCCO3)[C@@H]1[C@H](O)C=C[C@H]2O[Si](C)(C)C(C)(C)C. The number of fused-ring (bicyclic) bond motifs is 2. The third kappa shape index (κ3) is 3.09. The Kier molecular flexibility index (Phi) is 5.62. The predicted molar refractivity (Wildman–Crippen MR) is 105 cm³/mol. The van der Waals surface area contributed by atoms with Gasteiger partial charge >= 0.3 is 5.97 Å². The van der Waals surface area contributed by atoms with Crippen LogP contribution in [0.15, 0.2) is 12.2 Å². The van der Waals surface area contributed by atoms with Crippen LogP contribution in [0.1, 0.15) is 33.6 Å². The van der Waals surface area contributed by atoms with Crippen LogP contribution in [0.4, 0.5) is 0 Å². The van der Waals surface area contributed by atoms with Gasteiger partial charge < -0.3 is 28.8 Å². The summed E-state index contributed by atoms with van der Waals surface area (Å²) in [7, 11) is -1.01. The minimum atomic E-state index is -2.31. The molecule has 1 spiro atoms. The largest absolute Gasteiger partial charge is 0.468 e. The number of ether oxygens (including phenoxy) is 3. The molecule has 1 aliphatic heterocycles. The van der Waals surface area contributed by atoms with E-state index >= 15 is 0 Å². The van der Waals surface area contributed by atoms with Gasteiger partial charge in [-0.1, -0.05) is 32.9 Å². The fourth-order valence-corrected chi connectivity index (χ4v) is 5.94. The van der Waals surface area contributed by atoms with E-state index in [2.05, 4.69) is 33.9 Å². The number of esters is 1. The fourth-order valence-electron chi connectivity index (χ4n) is 4.68. The summed E-state index contributed by atoms with van der Waals surface area (Å²) < 4.78 is 23.7. The van der Waals surface area contributed by atoms with Crippen molar-refractivity contribution >= 4 is 14.3 Å². The van der Waals surface area contributed by atoms with E-state index in [0.29, 0.717) is 26.1 Å². The molecule has 0 amide bonds. The summed E-state index contributed by atoms with van der Waals surface area (Å²) in [6.45, 7) is 11.3. The molecular formula is C20H34O7Si. The summed E-state index contributed by atoms with van der Waals surface area (Å²) in [5.74, 6) is -2.55. The second kappa shape index (κ2) is 7.18. The van der Waals surface area contributed by atoms with Gasteiger partial charge in [-0.25, -0.2) is 0 Å². The van der Waals surface area contributed by atoms with Crippen LogP contribution < -0.4 is 0 Å². The minimum Gasteiger partial charge on any atom is -0.468 e. The van der Waals surface area contributed by atoms with E-state index in [4.69, 9.17) is 18.6 Å². The van der Waals surface area contributed by atoms with Crippen molar-refractivity contribution in [2.24, 2.45) is 11.3 Å². The van der Waals surface area contributed by atoms with Gasteiger partial charge in [-0.15, -0.1) is 0 Å². The van der Waals surface area contributed by atoms with Gasteiger partial charge in [0.2, 0.25) is 0 Å². The molecule has 2 fully saturated rings. The Labute approximate surface area is 168 Å². The Bertz CT molecular complexity index is 635. The first-order chi connectivity index (χ1) is 12.9. The molecule has 2 aliphatic carbocycles. The zero-order chi connectivity index (χ0) is 21.0. The van der Waals surface area contributed by atoms with E-state index in [1.165, 1.54) is 7.11 Å². The number of hydrogen-bond donors (Lipinski definition) is 2. The Morgan fingerprint density at radius 3 is 2.32 bits per heavy atom. The molecule has 0 aromatic rings. The first-order valence-electron chi connectivity index (χ1n) is 10.0. The summed E-state index contributed by atoms with van der Waals surface area (Å²) in [5.41, 5.74) is -1.50. The molecule has 1 heterocycles. The Balaban J connectivity index is 2.15. The first kappa shape index (κ1) is 21.9. The smallest absolute Gasteiger partial charge is 0.318 e. The van der Waals surface area contributed by atoms with Crippen LogP contribution in [0.3, 0.4) is 0 Å². The molecule has 1 saturated heterocycles. The Morgan fingerprint density at radius 1 is 1.18 bits per heavy atom. The van der Waals surface area contributed by atoms with Crippen LogP contribution in [0.25, 0.3) is 0 Å². The van der Waals surface area contributed by atoms with Crippen molar-refractivity contribution in [3.8, 4) is 0 Å². The summed E-state index contributed by atoms with van der Waals surface area (Å²) >= 11 is 0. The standard InChI is InChI=1S/C20H34O7Si/c1-18(2,3)28(5,6)27-15-8-7-13(21)16-19(25-11-12-26-19)10-9-14(22)20(15,16)17(23)24-4/h7-8,13-16,21-22H,9-12H2,1-6H3/t13-,14-,15-,16+,20-/m1/s1. The number of rotatable bonds is 3. The van der Waals surface area contributed by atoms with Crippen LogP contribution in [-0.2, 0) is 23.4 Å². The van der Waals surface area contributed by atoms with Gasteiger partial charge in [-0.3, -0.25) is 4.79 Å². The number of aliphatic hydroxyl groups is 2. The van der Waals surface area contributed by atoms with Crippen molar-refractivity contribution in [2.45, 2.75) is 75.8 Å². The highest BCUT2D eigenvalue weighted by Gasteiger charge is 2.71. The van der Waals surface area contributed by atoms with Crippen LogP contribution in [0.5, 0.6) is 0 Å². The quantitative estimate of drug-likeness (QED) is 0.414. The lowest BCUT2D eigenvalue weighted by molar-refractivity contribution is -0.295. The molecule has 28 heavy (non-hydrogen) atoms. The molecule has 5 atom stereocenters. The van der Waals surface area contributed by atoms with E-state index in [9.17, 15) is 15.0 Å². The monoisotopic (exact) mass is 414 g/mol. The normalized spacial score (nSPS) is 37.7. The molecule has 160 valence electrons. The van der Waals surface area contributed by atoms with Crippen molar-refractivity contribution < 1.29 is 33.6 Å². The van der Waals surface area contributed by atoms with E-state index in [1.54, 1.807) is 12.2 Å². The van der Waals surface area contributed by atoms with Gasteiger partial charge in [-0.2, -0.15) is 0 Å². The molecule has 0 bridgehead atoms. The summed E-state index contributed by atoms with van der Waals surface area (Å²) in [6.07, 6.45) is 1.22. The average molecular weight is 415 g/mol. The molecule has 1 saturated carbocycles. The van der Waals surface area contributed by atoms with Crippen LogP contribution in [-0.4, -0.2) is 68.9 Å². The van der Waals surface area contributed by atoms with Crippen molar-refractivity contribution in [3.63, 3.8) is 0 Å². The maximum atomic E-state index is 13.3. The van der Waals surface area contributed by atoms with Gasteiger partial charge in [0, 0.05) is 6.42 Å². The number of hydrogen-bond acceptors (Lipinski definition) is 7. The van der Waals surface area contributed by atoms with Crippen molar-refractivity contribution in [3.05, 3.63) is 12.2 Å². The molecule has 0 unspecified atom stereocenters. The summed E-state index contributed by atoms with van der Waals surface area (Å²) in [5, 5.41) is 22.0. The number of carbonyl (C=O) groups is 1. The van der Waals surface area contributed by atoms with Gasteiger partial charge in [-0.05, 0) is 24.6 Å². The molecule has 3 rings (SSSR count). The molecule has 0 radical (unpaired) electrons. The van der Waals surface area contributed by atoms with Crippen molar-refractivity contribution in [1.82, 2.24) is 0 Å². The number of carbonyl (C=O) groups excluding carboxylic acids is 1. The van der Waals surface area contributed by atoms with Gasteiger partial charge in [0.05, 0.1) is 44.6 Å². The molecule has 2 N–H and O–H groups in total.